The van der Waals surface area contributed by atoms with Crippen molar-refractivity contribution >= 4 is 11.3 Å². The van der Waals surface area contributed by atoms with Crippen molar-refractivity contribution in [3.05, 3.63) is 57.8 Å². The van der Waals surface area contributed by atoms with Crippen LogP contribution in [0.5, 0.6) is 0 Å². The smallest absolute Gasteiger partial charge is 0.145 e. The van der Waals surface area contributed by atoms with Gasteiger partial charge in [-0.1, -0.05) is 44.2 Å². The van der Waals surface area contributed by atoms with E-state index >= 15 is 0 Å². The Morgan fingerprint density at radius 2 is 1.62 bits per heavy atom. The first-order valence-electron chi connectivity index (χ1n) is 5.65. The van der Waals surface area contributed by atoms with Crippen LogP contribution in [0.3, 0.4) is 0 Å². The van der Waals surface area contributed by atoms with E-state index in [1.165, 1.54) is 16.0 Å². The number of hydrogen-bond donors (Lipinski definition) is 1. The van der Waals surface area contributed by atoms with Crippen LogP contribution < -0.4 is 5.73 Å². The summed E-state index contributed by atoms with van der Waals surface area (Å²) in [5.41, 5.74) is 6.92. The third-order valence-electron chi connectivity index (χ3n) is 2.89. The van der Waals surface area contributed by atoms with E-state index in [-0.39, 0.29) is 6.04 Å². The lowest BCUT2D eigenvalue weighted by molar-refractivity contribution is -0.410. The highest BCUT2D eigenvalue weighted by Gasteiger charge is 2.13. The summed E-state index contributed by atoms with van der Waals surface area (Å²) >= 11 is 1.77. The zero-order valence-electron chi connectivity index (χ0n) is 9.81. The molecule has 1 aromatic heterocycles. The monoisotopic (exact) mass is 232 g/mol. The summed E-state index contributed by atoms with van der Waals surface area (Å²) in [6, 6.07) is 13.3. The number of rotatable bonds is 3. The maximum absolute atomic E-state index is 4.24. The highest BCUT2D eigenvalue weighted by molar-refractivity contribution is 7.10. The molecule has 1 aromatic carbocycles. The Kier molecular flexibility index (Phi) is 3.42. The van der Waals surface area contributed by atoms with Gasteiger partial charge in [-0.05, 0) is 22.9 Å². The van der Waals surface area contributed by atoms with Crippen molar-refractivity contribution in [3.8, 4) is 0 Å². The van der Waals surface area contributed by atoms with Gasteiger partial charge in [0.2, 0.25) is 0 Å². The van der Waals surface area contributed by atoms with Crippen molar-refractivity contribution in [2.75, 3.05) is 0 Å². The Morgan fingerprint density at radius 3 is 2.12 bits per heavy atom. The summed E-state index contributed by atoms with van der Waals surface area (Å²) in [6.45, 7) is 4.44. The standard InChI is InChI=1S/C14H17NS/c1-10(2)11-5-7-12(8-6-11)14(15)13-4-3-9-16-13/h3-10,14H,15H2,1-2H3/p+1/t14-/m1/s1. The van der Waals surface area contributed by atoms with Gasteiger partial charge in [-0.2, -0.15) is 0 Å². The van der Waals surface area contributed by atoms with Gasteiger partial charge < -0.3 is 5.73 Å². The molecule has 0 spiro atoms. The van der Waals surface area contributed by atoms with Crippen molar-refractivity contribution in [3.63, 3.8) is 0 Å². The third-order valence-corrected chi connectivity index (χ3v) is 3.88. The van der Waals surface area contributed by atoms with Crippen molar-refractivity contribution < 1.29 is 5.73 Å². The van der Waals surface area contributed by atoms with Crippen LogP contribution >= 0.6 is 11.3 Å². The van der Waals surface area contributed by atoms with Crippen molar-refractivity contribution in [1.82, 2.24) is 0 Å². The quantitative estimate of drug-likeness (QED) is 0.841. The Labute approximate surface area is 101 Å². The minimum absolute atomic E-state index is 0.265. The minimum Gasteiger partial charge on any atom is -0.347 e. The highest BCUT2D eigenvalue weighted by atomic mass is 32.1. The fourth-order valence-corrected chi connectivity index (χ4v) is 2.54. The van der Waals surface area contributed by atoms with Gasteiger partial charge in [-0.25, -0.2) is 0 Å². The van der Waals surface area contributed by atoms with Crippen LogP contribution in [0.15, 0.2) is 41.8 Å². The van der Waals surface area contributed by atoms with Crippen molar-refractivity contribution in [2.24, 2.45) is 0 Å². The van der Waals surface area contributed by atoms with Crippen molar-refractivity contribution in [1.29, 1.82) is 0 Å². The molecule has 2 heteroatoms. The zero-order valence-corrected chi connectivity index (χ0v) is 10.6. The maximum atomic E-state index is 4.24. The summed E-state index contributed by atoms with van der Waals surface area (Å²) in [5, 5.41) is 2.11. The molecule has 0 aliphatic heterocycles. The normalized spacial score (nSPS) is 13.0. The molecule has 0 aliphatic carbocycles. The lowest BCUT2D eigenvalue weighted by Crippen LogP contribution is -2.53. The van der Waals surface area contributed by atoms with E-state index < -0.39 is 0 Å². The Balaban J connectivity index is 2.22. The van der Waals surface area contributed by atoms with Gasteiger partial charge in [-0.15, -0.1) is 11.3 Å². The fraction of sp³-hybridized carbons (Fsp3) is 0.286. The van der Waals surface area contributed by atoms with Gasteiger partial charge in [0.1, 0.15) is 6.04 Å². The van der Waals surface area contributed by atoms with Crippen LogP contribution in [0, 0.1) is 0 Å². The van der Waals surface area contributed by atoms with E-state index in [1.807, 2.05) is 0 Å². The fourth-order valence-electron chi connectivity index (χ4n) is 1.77. The topological polar surface area (TPSA) is 27.6 Å². The average molecular weight is 232 g/mol. The lowest BCUT2D eigenvalue weighted by Gasteiger charge is -2.09. The van der Waals surface area contributed by atoms with E-state index in [9.17, 15) is 0 Å². The number of hydrogen-bond acceptors (Lipinski definition) is 1. The van der Waals surface area contributed by atoms with Gasteiger partial charge >= 0.3 is 0 Å². The largest absolute Gasteiger partial charge is 0.347 e. The Bertz CT molecular complexity index is 428. The number of quaternary nitrogens is 1. The van der Waals surface area contributed by atoms with Gasteiger partial charge in [-0.3, -0.25) is 0 Å². The molecule has 0 radical (unpaired) electrons. The van der Waals surface area contributed by atoms with Crippen LogP contribution in [-0.2, 0) is 0 Å². The predicted molar refractivity (Wildman–Crippen MR) is 69.6 cm³/mol. The first-order chi connectivity index (χ1) is 7.68. The number of benzene rings is 1. The molecule has 1 heterocycles. The minimum atomic E-state index is 0.265. The highest BCUT2D eigenvalue weighted by Crippen LogP contribution is 2.23. The van der Waals surface area contributed by atoms with E-state index in [0.717, 1.165) is 0 Å². The zero-order chi connectivity index (χ0) is 11.5. The molecule has 2 aromatic rings. The lowest BCUT2D eigenvalue weighted by atomic mass is 9.99. The molecule has 0 aliphatic rings. The van der Waals surface area contributed by atoms with E-state index in [4.69, 9.17) is 0 Å². The molecule has 1 atom stereocenters. The summed E-state index contributed by atoms with van der Waals surface area (Å²) in [7, 11) is 0. The summed E-state index contributed by atoms with van der Waals surface area (Å²) in [6.07, 6.45) is 0. The number of thiophene rings is 1. The molecule has 0 bridgehead atoms. The summed E-state index contributed by atoms with van der Waals surface area (Å²) in [4.78, 5) is 1.33. The van der Waals surface area contributed by atoms with Crippen LogP contribution in [0.25, 0.3) is 0 Å². The predicted octanol–water partition coefficient (Wildman–Crippen LogP) is 3.20. The SMILES string of the molecule is CC(C)c1ccc([C@@H]([NH3+])c2cccs2)cc1. The van der Waals surface area contributed by atoms with E-state index in [0.29, 0.717) is 5.92 Å². The summed E-state index contributed by atoms with van der Waals surface area (Å²) < 4.78 is 0. The average Bonchev–Trinajstić information content (AvgIpc) is 2.81. The van der Waals surface area contributed by atoms with Gasteiger partial charge in [0.15, 0.2) is 0 Å². The first-order valence-corrected chi connectivity index (χ1v) is 6.53. The molecule has 1 nitrogen and oxygen atoms in total. The van der Waals surface area contributed by atoms with Gasteiger partial charge in [0.25, 0.3) is 0 Å². The second-order valence-corrected chi connectivity index (χ2v) is 5.37. The molecule has 0 saturated heterocycles. The molecule has 0 unspecified atom stereocenters. The molecular formula is C14H18NS+. The van der Waals surface area contributed by atoms with Gasteiger partial charge in [0, 0.05) is 5.56 Å². The van der Waals surface area contributed by atoms with E-state index in [1.54, 1.807) is 11.3 Å². The molecule has 84 valence electrons. The van der Waals surface area contributed by atoms with Crippen LogP contribution in [0.4, 0.5) is 0 Å². The molecule has 16 heavy (non-hydrogen) atoms. The van der Waals surface area contributed by atoms with Crippen LogP contribution in [-0.4, -0.2) is 0 Å². The molecular weight excluding hydrogens is 214 g/mol. The summed E-state index contributed by atoms with van der Waals surface area (Å²) in [5.74, 6) is 0.596. The maximum Gasteiger partial charge on any atom is 0.145 e. The second kappa shape index (κ2) is 4.81. The Hall–Kier alpha value is -1.12. The molecule has 0 saturated carbocycles. The molecule has 0 fully saturated rings. The molecule has 0 amide bonds. The third kappa shape index (κ3) is 2.34. The van der Waals surface area contributed by atoms with Gasteiger partial charge in [0.05, 0.1) is 4.88 Å². The second-order valence-electron chi connectivity index (χ2n) is 4.39. The molecule has 2 rings (SSSR count). The van der Waals surface area contributed by atoms with Crippen LogP contribution in [0.2, 0.25) is 0 Å². The van der Waals surface area contributed by atoms with E-state index in [2.05, 4.69) is 61.4 Å². The Morgan fingerprint density at radius 1 is 1.00 bits per heavy atom. The molecule has 3 N–H and O–H groups in total. The first kappa shape index (κ1) is 11.4. The van der Waals surface area contributed by atoms with Crippen LogP contribution in [0.1, 0.15) is 41.8 Å². The van der Waals surface area contributed by atoms with Crippen molar-refractivity contribution in [2.45, 2.75) is 25.8 Å².